The van der Waals surface area contributed by atoms with E-state index in [0.29, 0.717) is 25.9 Å². The molecule has 5 rings (SSSR count). The average Bonchev–Trinajstić information content (AvgIpc) is 2.97. The maximum Gasteiger partial charge on any atom is 0.410 e. The first kappa shape index (κ1) is 22.6. The highest BCUT2D eigenvalue weighted by atomic mass is 35.5. The van der Waals surface area contributed by atoms with Gasteiger partial charge in [-0.05, 0) is 80.3 Å². The Hall–Kier alpha value is -2.15. The highest BCUT2D eigenvalue weighted by Gasteiger charge is 2.35. The fourth-order valence-corrected chi connectivity index (χ4v) is 5.66. The van der Waals surface area contributed by atoms with Crippen molar-refractivity contribution in [3.8, 4) is 0 Å². The number of rotatable bonds is 2. The summed E-state index contributed by atoms with van der Waals surface area (Å²) in [6.45, 7) is 4.64. The Morgan fingerprint density at radius 3 is 2.61 bits per heavy atom. The summed E-state index contributed by atoms with van der Waals surface area (Å²) in [5, 5.41) is 10.9. The second-order valence-corrected chi connectivity index (χ2v) is 10.3. The van der Waals surface area contributed by atoms with Crippen molar-refractivity contribution >= 4 is 17.7 Å². The highest BCUT2D eigenvalue weighted by Crippen LogP contribution is 2.37. The van der Waals surface area contributed by atoms with Crippen molar-refractivity contribution in [2.75, 3.05) is 26.2 Å². The minimum absolute atomic E-state index is 0.0645. The Labute approximate surface area is 200 Å². The van der Waals surface area contributed by atoms with E-state index >= 15 is 0 Å². The molecule has 1 aromatic heterocycles. The zero-order valence-corrected chi connectivity index (χ0v) is 19.9. The third-order valence-electron chi connectivity index (χ3n) is 7.46. The van der Waals surface area contributed by atoms with Crippen LogP contribution in [0.1, 0.15) is 61.0 Å². The summed E-state index contributed by atoms with van der Waals surface area (Å²) in [5.41, 5.74) is 4.31. The lowest BCUT2D eigenvalue weighted by molar-refractivity contribution is -0.0326. The normalized spacial score (nSPS) is 27.9. The van der Waals surface area contributed by atoms with Crippen molar-refractivity contribution in [2.45, 2.75) is 63.2 Å². The summed E-state index contributed by atoms with van der Waals surface area (Å²) < 4.78 is 5.78. The van der Waals surface area contributed by atoms with Gasteiger partial charge in [-0.1, -0.05) is 23.7 Å². The van der Waals surface area contributed by atoms with Crippen molar-refractivity contribution in [1.82, 2.24) is 14.8 Å². The van der Waals surface area contributed by atoms with E-state index in [4.69, 9.17) is 21.3 Å². The van der Waals surface area contributed by atoms with Gasteiger partial charge in [0.25, 0.3) is 0 Å². The van der Waals surface area contributed by atoms with Gasteiger partial charge in [-0.2, -0.15) is 0 Å². The molecule has 3 aliphatic rings. The predicted molar refractivity (Wildman–Crippen MR) is 127 cm³/mol. The van der Waals surface area contributed by atoms with Gasteiger partial charge in [0, 0.05) is 37.4 Å². The van der Waals surface area contributed by atoms with Crippen LogP contribution in [-0.4, -0.2) is 63.9 Å². The molecule has 1 amide bonds. The number of fused-ring (bicyclic) bond motifs is 2. The number of aromatic nitrogens is 1. The van der Waals surface area contributed by atoms with Crippen LogP contribution in [0.15, 0.2) is 36.5 Å². The van der Waals surface area contributed by atoms with Gasteiger partial charge in [0.1, 0.15) is 6.10 Å². The van der Waals surface area contributed by atoms with E-state index in [9.17, 15) is 9.90 Å². The number of carbonyl (C=O) groups excluding carboxylic acids is 1. The van der Waals surface area contributed by atoms with E-state index < -0.39 is 5.60 Å². The van der Waals surface area contributed by atoms with Crippen LogP contribution in [0.3, 0.4) is 0 Å². The number of benzene rings is 1. The smallest absolute Gasteiger partial charge is 0.410 e. The zero-order chi connectivity index (χ0) is 23.0. The molecule has 2 aliphatic carbocycles. The predicted octanol–water partition coefficient (Wildman–Crippen LogP) is 4.37. The largest absolute Gasteiger partial charge is 0.446 e. The van der Waals surface area contributed by atoms with Crippen LogP contribution in [-0.2, 0) is 17.6 Å². The Kier molecular flexibility index (Phi) is 6.34. The second kappa shape index (κ2) is 9.24. The molecule has 2 fully saturated rings. The summed E-state index contributed by atoms with van der Waals surface area (Å²) in [6, 6.07) is 10.5. The number of hydrogen-bond acceptors (Lipinski definition) is 5. The summed E-state index contributed by atoms with van der Waals surface area (Å²) in [7, 11) is 0. The lowest BCUT2D eigenvalue weighted by atomic mass is 9.85. The highest BCUT2D eigenvalue weighted by molar-refractivity contribution is 6.30. The van der Waals surface area contributed by atoms with E-state index in [2.05, 4.69) is 23.1 Å². The molecule has 7 heteroatoms. The number of piperazine rings is 1. The summed E-state index contributed by atoms with van der Waals surface area (Å²) in [4.78, 5) is 21.9. The van der Waals surface area contributed by atoms with Gasteiger partial charge in [-0.3, -0.25) is 9.88 Å². The minimum atomic E-state index is -0.627. The summed E-state index contributed by atoms with van der Waals surface area (Å²) in [5.74, 6) is 0. The molecule has 0 radical (unpaired) electrons. The van der Waals surface area contributed by atoms with E-state index in [-0.39, 0.29) is 18.2 Å². The van der Waals surface area contributed by atoms with E-state index in [0.717, 1.165) is 49.5 Å². The number of carbonyl (C=O) groups is 1. The van der Waals surface area contributed by atoms with E-state index in [1.807, 2.05) is 30.2 Å². The van der Waals surface area contributed by atoms with Crippen LogP contribution >= 0.6 is 11.6 Å². The van der Waals surface area contributed by atoms with Gasteiger partial charge >= 0.3 is 6.09 Å². The van der Waals surface area contributed by atoms with Crippen LogP contribution in [0.5, 0.6) is 0 Å². The molecule has 6 nitrogen and oxygen atoms in total. The number of pyridine rings is 1. The molecule has 1 saturated heterocycles. The molecule has 33 heavy (non-hydrogen) atoms. The first-order chi connectivity index (χ1) is 15.9. The number of amides is 1. The van der Waals surface area contributed by atoms with Crippen molar-refractivity contribution in [3.05, 3.63) is 63.9 Å². The molecule has 1 saturated carbocycles. The van der Waals surface area contributed by atoms with E-state index in [1.165, 1.54) is 16.7 Å². The van der Waals surface area contributed by atoms with E-state index in [1.54, 1.807) is 0 Å². The first-order valence-corrected chi connectivity index (χ1v) is 12.4. The molecule has 1 aliphatic heterocycles. The van der Waals surface area contributed by atoms with Crippen LogP contribution in [0.4, 0.5) is 4.79 Å². The van der Waals surface area contributed by atoms with Crippen LogP contribution in [0, 0.1) is 0 Å². The SMILES string of the molecule is CC1(O)CCC(OC(=O)N2CCN([C@H]3c4ccc(Cl)cc4CCc4cccnc43)CC2)CC1. The maximum atomic E-state index is 12.8. The van der Waals surface area contributed by atoms with Gasteiger partial charge in [-0.15, -0.1) is 0 Å². The van der Waals surface area contributed by atoms with Gasteiger partial charge in [0.05, 0.1) is 17.3 Å². The fourth-order valence-electron chi connectivity index (χ4n) is 5.46. The summed E-state index contributed by atoms with van der Waals surface area (Å²) in [6.07, 6.45) is 6.26. The molecular formula is C26H32ClN3O3. The quantitative estimate of drug-likeness (QED) is 0.707. The fraction of sp³-hybridized carbons (Fsp3) is 0.538. The van der Waals surface area contributed by atoms with Crippen LogP contribution < -0.4 is 0 Å². The molecule has 1 atom stereocenters. The Morgan fingerprint density at radius 2 is 1.85 bits per heavy atom. The van der Waals surface area contributed by atoms with Gasteiger partial charge < -0.3 is 14.7 Å². The number of hydrogen-bond donors (Lipinski definition) is 1. The average molecular weight is 470 g/mol. The monoisotopic (exact) mass is 469 g/mol. The molecule has 1 N–H and O–H groups in total. The standard InChI is InChI=1S/C26H32ClN3O3/c1-26(32)10-8-21(9-11-26)33-25(31)30-15-13-29(14-16-30)24-22-7-6-20(27)17-19(22)5-4-18-3-2-12-28-23(18)24/h2-3,6-7,12,17,21,24,32H,4-5,8-11,13-16H2,1H3/t21?,24-,26?/m0/s1. The maximum absolute atomic E-state index is 12.8. The lowest BCUT2D eigenvalue weighted by Gasteiger charge is -2.40. The van der Waals surface area contributed by atoms with Gasteiger partial charge in [-0.25, -0.2) is 4.79 Å². The third kappa shape index (κ3) is 4.88. The Morgan fingerprint density at radius 1 is 1.12 bits per heavy atom. The number of nitrogens with zero attached hydrogens (tertiary/aromatic N) is 3. The molecule has 2 aromatic rings. The number of ether oxygens (including phenoxy) is 1. The topological polar surface area (TPSA) is 65.9 Å². The van der Waals surface area contributed by atoms with Gasteiger partial charge in [0.15, 0.2) is 0 Å². The van der Waals surface area contributed by atoms with Crippen molar-refractivity contribution in [1.29, 1.82) is 0 Å². The molecule has 0 bridgehead atoms. The molecule has 0 unspecified atom stereocenters. The molecular weight excluding hydrogens is 438 g/mol. The molecule has 1 aromatic carbocycles. The molecule has 0 spiro atoms. The number of aliphatic hydroxyl groups is 1. The zero-order valence-electron chi connectivity index (χ0n) is 19.2. The van der Waals surface area contributed by atoms with Crippen molar-refractivity contribution < 1.29 is 14.6 Å². The molecule has 2 heterocycles. The Bertz CT molecular complexity index is 1010. The van der Waals surface area contributed by atoms with Crippen molar-refractivity contribution in [3.63, 3.8) is 0 Å². The number of aryl methyl sites for hydroxylation is 2. The molecule has 176 valence electrons. The third-order valence-corrected chi connectivity index (χ3v) is 7.70. The first-order valence-electron chi connectivity index (χ1n) is 12.0. The van der Waals surface area contributed by atoms with Crippen molar-refractivity contribution in [2.24, 2.45) is 0 Å². The second-order valence-electron chi connectivity index (χ2n) is 9.90. The van der Waals surface area contributed by atoms with Crippen LogP contribution in [0.2, 0.25) is 5.02 Å². The van der Waals surface area contributed by atoms with Gasteiger partial charge in [0.2, 0.25) is 0 Å². The van der Waals surface area contributed by atoms with Crippen LogP contribution in [0.25, 0.3) is 0 Å². The number of halogens is 1. The lowest BCUT2D eigenvalue weighted by Crippen LogP contribution is -2.51. The Balaban J connectivity index is 1.29. The minimum Gasteiger partial charge on any atom is -0.446 e. The summed E-state index contributed by atoms with van der Waals surface area (Å²) >= 11 is 6.32.